The smallest absolute Gasteiger partial charge is 0.212 e. The molecule has 0 saturated carbocycles. The standard InChI is InChI=1S/C6H13BN2O/c7-3-6(10)9-5-1-2-8-4-5/h5,8H,1-4,7H2,(H,9,10). The molecule has 3 nitrogen and oxygen atoms in total. The summed E-state index contributed by atoms with van der Waals surface area (Å²) in [5, 5.41) is 6.11. The van der Waals surface area contributed by atoms with E-state index in [0.717, 1.165) is 19.5 Å². The summed E-state index contributed by atoms with van der Waals surface area (Å²) >= 11 is 0. The van der Waals surface area contributed by atoms with Crippen molar-refractivity contribution in [3.8, 4) is 0 Å². The molecule has 0 aromatic rings. The van der Waals surface area contributed by atoms with Gasteiger partial charge in [-0.1, -0.05) is 0 Å². The Morgan fingerprint density at radius 2 is 2.60 bits per heavy atom. The van der Waals surface area contributed by atoms with E-state index in [1.807, 2.05) is 7.85 Å². The van der Waals surface area contributed by atoms with Crippen LogP contribution in [0.4, 0.5) is 0 Å². The fraction of sp³-hybridized carbons (Fsp3) is 0.833. The van der Waals surface area contributed by atoms with Crippen LogP contribution in [-0.2, 0) is 4.79 Å². The number of carbonyl (C=O) groups is 1. The fourth-order valence-corrected chi connectivity index (χ4v) is 1.11. The molecule has 56 valence electrons. The highest BCUT2D eigenvalue weighted by Gasteiger charge is 2.14. The summed E-state index contributed by atoms with van der Waals surface area (Å²) in [5.41, 5.74) is 0. The van der Waals surface area contributed by atoms with Crippen molar-refractivity contribution in [2.75, 3.05) is 13.1 Å². The number of amides is 1. The predicted octanol–water partition coefficient (Wildman–Crippen LogP) is -1.48. The van der Waals surface area contributed by atoms with Crippen LogP contribution in [0.3, 0.4) is 0 Å². The van der Waals surface area contributed by atoms with E-state index in [9.17, 15) is 4.79 Å². The van der Waals surface area contributed by atoms with Gasteiger partial charge in [0.15, 0.2) is 0 Å². The molecule has 1 rings (SSSR count). The maximum Gasteiger partial charge on any atom is 0.212 e. The minimum atomic E-state index is 0.161. The predicted molar refractivity (Wildman–Crippen MR) is 42.8 cm³/mol. The lowest BCUT2D eigenvalue weighted by Crippen LogP contribution is -2.35. The van der Waals surface area contributed by atoms with Crippen LogP contribution >= 0.6 is 0 Å². The highest BCUT2D eigenvalue weighted by Crippen LogP contribution is 1.96. The van der Waals surface area contributed by atoms with E-state index < -0.39 is 0 Å². The monoisotopic (exact) mass is 140 g/mol. The Balaban J connectivity index is 2.17. The summed E-state index contributed by atoms with van der Waals surface area (Å²) in [6.45, 7) is 1.97. The van der Waals surface area contributed by atoms with Crippen LogP contribution in [0.2, 0.25) is 6.32 Å². The zero-order valence-electron chi connectivity index (χ0n) is 6.31. The van der Waals surface area contributed by atoms with Crippen molar-refractivity contribution in [1.29, 1.82) is 0 Å². The highest BCUT2D eigenvalue weighted by atomic mass is 16.1. The molecule has 1 aliphatic rings. The van der Waals surface area contributed by atoms with Gasteiger partial charge in [0, 0.05) is 12.6 Å². The van der Waals surface area contributed by atoms with E-state index in [-0.39, 0.29) is 5.91 Å². The van der Waals surface area contributed by atoms with Crippen molar-refractivity contribution in [3.63, 3.8) is 0 Å². The van der Waals surface area contributed by atoms with Crippen molar-refractivity contribution in [2.45, 2.75) is 18.8 Å². The number of carbonyl (C=O) groups excluding carboxylic acids is 1. The molecule has 0 radical (unpaired) electrons. The third kappa shape index (κ3) is 2.03. The van der Waals surface area contributed by atoms with Gasteiger partial charge in [0.1, 0.15) is 7.85 Å². The summed E-state index contributed by atoms with van der Waals surface area (Å²) in [5.74, 6) is 0.161. The van der Waals surface area contributed by atoms with Crippen LogP contribution in [0.1, 0.15) is 6.42 Å². The van der Waals surface area contributed by atoms with E-state index in [1.54, 1.807) is 0 Å². The first-order valence-electron chi connectivity index (χ1n) is 3.83. The van der Waals surface area contributed by atoms with E-state index in [1.165, 1.54) is 0 Å². The van der Waals surface area contributed by atoms with Crippen molar-refractivity contribution in [2.24, 2.45) is 0 Å². The summed E-state index contributed by atoms with van der Waals surface area (Å²) < 4.78 is 0. The normalized spacial score (nSPS) is 24.6. The van der Waals surface area contributed by atoms with Crippen molar-refractivity contribution in [1.82, 2.24) is 10.6 Å². The molecule has 1 amide bonds. The van der Waals surface area contributed by atoms with Gasteiger partial charge in [0.25, 0.3) is 0 Å². The molecule has 0 aromatic carbocycles. The van der Waals surface area contributed by atoms with Crippen molar-refractivity contribution < 1.29 is 4.79 Å². The Kier molecular flexibility index (Phi) is 2.74. The first-order chi connectivity index (χ1) is 4.83. The van der Waals surface area contributed by atoms with Gasteiger partial charge in [-0.05, 0) is 19.3 Å². The van der Waals surface area contributed by atoms with Crippen LogP contribution in [0, 0.1) is 0 Å². The largest absolute Gasteiger partial charge is 0.353 e. The second kappa shape index (κ2) is 3.61. The lowest BCUT2D eigenvalue weighted by Gasteiger charge is -2.08. The summed E-state index contributed by atoms with van der Waals surface area (Å²) in [4.78, 5) is 10.8. The molecule has 1 unspecified atom stereocenters. The van der Waals surface area contributed by atoms with Gasteiger partial charge in [0.05, 0.1) is 0 Å². The topological polar surface area (TPSA) is 41.1 Å². The van der Waals surface area contributed by atoms with Crippen LogP contribution in [0.25, 0.3) is 0 Å². The average Bonchev–Trinajstić information content (AvgIpc) is 2.40. The lowest BCUT2D eigenvalue weighted by molar-refractivity contribution is -0.119. The molecule has 4 heteroatoms. The molecule has 0 aliphatic carbocycles. The van der Waals surface area contributed by atoms with Gasteiger partial charge in [-0.3, -0.25) is 4.79 Å². The first kappa shape index (κ1) is 7.60. The maximum absolute atomic E-state index is 10.8. The quantitative estimate of drug-likeness (QED) is 0.459. The fourth-order valence-electron chi connectivity index (χ4n) is 1.11. The number of hydrogen-bond donors (Lipinski definition) is 2. The van der Waals surface area contributed by atoms with Crippen LogP contribution in [0.15, 0.2) is 0 Å². The van der Waals surface area contributed by atoms with Crippen molar-refractivity contribution in [3.05, 3.63) is 0 Å². The Bertz CT molecular complexity index is 123. The minimum Gasteiger partial charge on any atom is -0.353 e. The third-order valence-electron chi connectivity index (χ3n) is 1.75. The van der Waals surface area contributed by atoms with Crippen molar-refractivity contribution >= 4 is 13.8 Å². The average molecular weight is 140 g/mol. The number of rotatable bonds is 2. The van der Waals surface area contributed by atoms with Gasteiger partial charge in [-0.25, -0.2) is 0 Å². The molecule has 0 spiro atoms. The van der Waals surface area contributed by atoms with Crippen LogP contribution < -0.4 is 10.6 Å². The van der Waals surface area contributed by atoms with E-state index in [0.29, 0.717) is 12.4 Å². The maximum atomic E-state index is 10.8. The second-order valence-electron chi connectivity index (χ2n) is 2.61. The number of hydrogen-bond acceptors (Lipinski definition) is 2. The molecular weight excluding hydrogens is 127 g/mol. The van der Waals surface area contributed by atoms with E-state index in [4.69, 9.17) is 0 Å². The lowest BCUT2D eigenvalue weighted by atomic mass is 10.0. The molecule has 10 heavy (non-hydrogen) atoms. The second-order valence-corrected chi connectivity index (χ2v) is 2.61. The van der Waals surface area contributed by atoms with Crippen LogP contribution in [-0.4, -0.2) is 32.9 Å². The third-order valence-corrected chi connectivity index (χ3v) is 1.75. The molecule has 1 aliphatic heterocycles. The van der Waals surface area contributed by atoms with E-state index >= 15 is 0 Å². The molecule has 1 atom stereocenters. The molecular formula is C6H13BN2O. The van der Waals surface area contributed by atoms with Gasteiger partial charge in [-0.2, -0.15) is 0 Å². The highest BCUT2D eigenvalue weighted by molar-refractivity contribution is 6.19. The van der Waals surface area contributed by atoms with Crippen LogP contribution in [0.5, 0.6) is 0 Å². The Morgan fingerprint density at radius 3 is 3.10 bits per heavy atom. The van der Waals surface area contributed by atoms with Gasteiger partial charge in [0.2, 0.25) is 5.91 Å². The van der Waals surface area contributed by atoms with Gasteiger partial charge in [-0.15, -0.1) is 0 Å². The zero-order chi connectivity index (χ0) is 7.40. The summed E-state index contributed by atoms with van der Waals surface area (Å²) in [6.07, 6.45) is 1.67. The van der Waals surface area contributed by atoms with Gasteiger partial charge >= 0.3 is 0 Å². The molecule has 1 heterocycles. The molecule has 1 saturated heterocycles. The Labute approximate surface area is 62.0 Å². The minimum absolute atomic E-state index is 0.161. The van der Waals surface area contributed by atoms with E-state index in [2.05, 4.69) is 10.6 Å². The first-order valence-corrected chi connectivity index (χ1v) is 3.83. The Morgan fingerprint density at radius 1 is 1.80 bits per heavy atom. The molecule has 1 fully saturated rings. The SMILES string of the molecule is BCC(=O)NC1CCNC1. The molecule has 0 aromatic heterocycles. The summed E-state index contributed by atoms with van der Waals surface area (Å²) in [7, 11) is 1.87. The Hall–Kier alpha value is -0.505. The molecule has 2 N–H and O–H groups in total. The van der Waals surface area contributed by atoms with Gasteiger partial charge < -0.3 is 10.6 Å². The zero-order valence-corrected chi connectivity index (χ0v) is 6.31. The number of nitrogens with one attached hydrogen (secondary N) is 2. The molecule has 0 bridgehead atoms. The summed E-state index contributed by atoms with van der Waals surface area (Å²) in [6, 6.07) is 0.382.